The molecule has 0 amide bonds. The SMILES string of the molecule is CCCCCC/C=C\C/C=C\CCCCCCCCOCC(COP(=O)(O)OCC[N+](C)(C)C)OC(=O)CCCCCCCCCCCCCCCCCCCCCCCCCC. The second-order valence-corrected chi connectivity index (χ2v) is 21.1. The van der Waals surface area contributed by atoms with Crippen LogP contribution in [-0.2, 0) is 27.9 Å². The van der Waals surface area contributed by atoms with E-state index in [0.29, 0.717) is 24.1 Å². The Balaban J connectivity index is 4.07. The molecule has 0 fully saturated rings. The average molecular weight is 913 g/mol. The lowest BCUT2D eigenvalue weighted by Crippen LogP contribution is -2.37. The van der Waals surface area contributed by atoms with E-state index >= 15 is 0 Å². The number of esters is 1. The van der Waals surface area contributed by atoms with Crippen LogP contribution in [-0.4, -0.2) is 75.6 Å². The molecule has 0 aliphatic heterocycles. The topological polar surface area (TPSA) is 91.3 Å². The molecule has 0 spiro atoms. The third-order valence-corrected chi connectivity index (χ3v) is 13.0. The number of carbonyl (C=O) groups excluding carboxylic acids is 1. The van der Waals surface area contributed by atoms with E-state index < -0.39 is 13.9 Å². The molecule has 0 heterocycles. The first-order chi connectivity index (χ1) is 30.6. The first kappa shape index (κ1) is 62.0. The molecule has 0 radical (unpaired) electrons. The van der Waals surface area contributed by atoms with Gasteiger partial charge in [-0.25, -0.2) is 4.57 Å². The summed E-state index contributed by atoms with van der Waals surface area (Å²) >= 11 is 0. The number of quaternary nitrogens is 1. The maximum absolute atomic E-state index is 12.8. The Labute approximate surface area is 392 Å². The number of likely N-dealkylation sites (N-methyl/N-ethyl adjacent to an activating group) is 1. The second-order valence-electron chi connectivity index (χ2n) is 19.6. The lowest BCUT2D eigenvalue weighted by molar-refractivity contribution is -0.870. The van der Waals surface area contributed by atoms with Gasteiger partial charge in [0.1, 0.15) is 19.3 Å². The zero-order chi connectivity index (χ0) is 46.2. The smallest absolute Gasteiger partial charge is 0.457 e. The van der Waals surface area contributed by atoms with Crippen molar-refractivity contribution in [3.8, 4) is 0 Å². The average Bonchev–Trinajstić information content (AvgIpc) is 3.24. The van der Waals surface area contributed by atoms with Crippen LogP contribution in [0.1, 0.15) is 258 Å². The van der Waals surface area contributed by atoms with Gasteiger partial charge in [-0.1, -0.05) is 231 Å². The van der Waals surface area contributed by atoms with Gasteiger partial charge in [-0.05, 0) is 44.9 Å². The van der Waals surface area contributed by atoms with Crippen molar-refractivity contribution in [1.82, 2.24) is 0 Å². The van der Waals surface area contributed by atoms with Crippen molar-refractivity contribution >= 4 is 13.8 Å². The summed E-state index contributed by atoms with van der Waals surface area (Å²) in [5.41, 5.74) is 0. The number of unbranched alkanes of at least 4 members (excludes halogenated alkanes) is 33. The number of ether oxygens (including phenoxy) is 2. The minimum atomic E-state index is -4.28. The van der Waals surface area contributed by atoms with E-state index in [4.69, 9.17) is 18.5 Å². The van der Waals surface area contributed by atoms with E-state index in [0.717, 1.165) is 44.9 Å². The lowest BCUT2D eigenvalue weighted by atomic mass is 10.0. The van der Waals surface area contributed by atoms with E-state index in [-0.39, 0.29) is 25.8 Å². The minimum absolute atomic E-state index is 0.0887. The molecule has 63 heavy (non-hydrogen) atoms. The van der Waals surface area contributed by atoms with Crippen LogP contribution in [0.2, 0.25) is 0 Å². The minimum Gasteiger partial charge on any atom is -0.457 e. The summed E-state index contributed by atoms with van der Waals surface area (Å²) in [6, 6.07) is 0. The number of hydrogen-bond donors (Lipinski definition) is 1. The Morgan fingerprint density at radius 2 is 0.873 bits per heavy atom. The maximum Gasteiger partial charge on any atom is 0.472 e. The highest BCUT2D eigenvalue weighted by atomic mass is 31.2. The van der Waals surface area contributed by atoms with Crippen LogP contribution < -0.4 is 0 Å². The molecule has 0 rings (SSSR count). The summed E-state index contributed by atoms with van der Waals surface area (Å²) in [4.78, 5) is 23.0. The van der Waals surface area contributed by atoms with E-state index in [2.05, 4.69) is 38.2 Å². The molecule has 0 bridgehead atoms. The highest BCUT2D eigenvalue weighted by Gasteiger charge is 2.26. The molecule has 0 aliphatic rings. The number of rotatable bonds is 51. The number of phosphoric acid groups is 1. The first-order valence-corrected chi connectivity index (χ1v) is 28.6. The molecular weight excluding hydrogens is 806 g/mol. The van der Waals surface area contributed by atoms with Crippen molar-refractivity contribution in [2.24, 2.45) is 0 Å². The van der Waals surface area contributed by atoms with Gasteiger partial charge in [0.05, 0.1) is 34.4 Å². The molecule has 0 aromatic heterocycles. The van der Waals surface area contributed by atoms with Crippen LogP contribution in [0.3, 0.4) is 0 Å². The number of nitrogens with zero attached hydrogens (tertiary/aromatic N) is 1. The Kier molecular flexibility index (Phi) is 46.7. The molecule has 0 aliphatic carbocycles. The van der Waals surface area contributed by atoms with E-state index in [1.165, 1.54) is 193 Å². The summed E-state index contributed by atoms with van der Waals surface area (Å²) in [5, 5.41) is 0. The van der Waals surface area contributed by atoms with Crippen molar-refractivity contribution in [2.45, 2.75) is 264 Å². The fourth-order valence-electron chi connectivity index (χ4n) is 7.82. The van der Waals surface area contributed by atoms with Gasteiger partial charge in [0.25, 0.3) is 0 Å². The van der Waals surface area contributed by atoms with Crippen molar-refractivity contribution in [3.63, 3.8) is 0 Å². The lowest BCUT2D eigenvalue weighted by Gasteiger charge is -2.24. The monoisotopic (exact) mass is 913 g/mol. The van der Waals surface area contributed by atoms with Crippen LogP contribution in [0.4, 0.5) is 0 Å². The summed E-state index contributed by atoms with van der Waals surface area (Å²) < 4.78 is 35.2. The maximum atomic E-state index is 12.8. The highest BCUT2D eigenvalue weighted by Crippen LogP contribution is 2.43. The van der Waals surface area contributed by atoms with Gasteiger partial charge in [0, 0.05) is 13.0 Å². The molecule has 2 unspecified atom stereocenters. The highest BCUT2D eigenvalue weighted by molar-refractivity contribution is 7.47. The van der Waals surface area contributed by atoms with E-state index in [9.17, 15) is 14.3 Å². The van der Waals surface area contributed by atoms with Gasteiger partial charge in [0.15, 0.2) is 0 Å². The van der Waals surface area contributed by atoms with Crippen molar-refractivity contribution in [3.05, 3.63) is 24.3 Å². The second kappa shape index (κ2) is 47.5. The van der Waals surface area contributed by atoms with Crippen LogP contribution in [0.25, 0.3) is 0 Å². The zero-order valence-corrected chi connectivity index (χ0v) is 43.5. The molecule has 0 aromatic carbocycles. The zero-order valence-electron chi connectivity index (χ0n) is 42.6. The van der Waals surface area contributed by atoms with Gasteiger partial charge in [-0.15, -0.1) is 0 Å². The molecule has 0 saturated carbocycles. The van der Waals surface area contributed by atoms with Crippen molar-refractivity contribution < 1.29 is 37.3 Å². The molecule has 0 aromatic rings. The molecule has 9 heteroatoms. The first-order valence-electron chi connectivity index (χ1n) is 27.1. The van der Waals surface area contributed by atoms with Crippen LogP contribution >= 0.6 is 7.82 Å². The number of carbonyl (C=O) groups is 1. The fraction of sp³-hybridized carbons (Fsp3) is 0.907. The van der Waals surface area contributed by atoms with Crippen molar-refractivity contribution in [1.29, 1.82) is 0 Å². The van der Waals surface area contributed by atoms with Crippen LogP contribution in [0, 0.1) is 0 Å². The summed E-state index contributed by atoms with van der Waals surface area (Å²) in [6.45, 7) is 5.64. The molecule has 1 N–H and O–H groups in total. The largest absolute Gasteiger partial charge is 0.472 e. The molecule has 2 atom stereocenters. The summed E-state index contributed by atoms with van der Waals surface area (Å²) in [6.07, 6.45) is 56.6. The quantitative estimate of drug-likeness (QED) is 0.0214. The van der Waals surface area contributed by atoms with Crippen LogP contribution in [0.5, 0.6) is 0 Å². The van der Waals surface area contributed by atoms with E-state index in [1.54, 1.807) is 0 Å². The Morgan fingerprint density at radius 1 is 0.492 bits per heavy atom. The Bertz CT molecular complexity index is 1060. The van der Waals surface area contributed by atoms with Gasteiger partial charge in [0.2, 0.25) is 0 Å². The summed E-state index contributed by atoms with van der Waals surface area (Å²) in [5.74, 6) is -0.311. The van der Waals surface area contributed by atoms with Gasteiger partial charge >= 0.3 is 13.8 Å². The molecule has 374 valence electrons. The van der Waals surface area contributed by atoms with Gasteiger partial charge in [-0.2, -0.15) is 0 Å². The van der Waals surface area contributed by atoms with E-state index in [1.807, 2.05) is 21.1 Å². The molecular formula is C54H107NO7P+. The number of phosphoric ester groups is 1. The number of allylic oxidation sites excluding steroid dienone is 4. The van der Waals surface area contributed by atoms with Crippen molar-refractivity contribution in [2.75, 3.05) is 54.1 Å². The third-order valence-electron chi connectivity index (χ3n) is 12.0. The predicted molar refractivity (Wildman–Crippen MR) is 270 cm³/mol. The Hall–Kier alpha value is -1.02. The molecule has 0 saturated heterocycles. The van der Waals surface area contributed by atoms with Gasteiger partial charge in [-0.3, -0.25) is 13.8 Å². The Morgan fingerprint density at radius 3 is 1.30 bits per heavy atom. The van der Waals surface area contributed by atoms with Gasteiger partial charge < -0.3 is 18.9 Å². The predicted octanol–water partition coefficient (Wildman–Crippen LogP) is 16.7. The third kappa shape index (κ3) is 51.8. The normalized spacial score (nSPS) is 13.7. The summed E-state index contributed by atoms with van der Waals surface area (Å²) in [7, 11) is 1.67. The number of hydrogen-bond acceptors (Lipinski definition) is 6. The molecule has 8 nitrogen and oxygen atoms in total. The van der Waals surface area contributed by atoms with Crippen LogP contribution in [0.15, 0.2) is 24.3 Å². The standard InChI is InChI=1S/C54H106NO7P/c1-6-8-10-12-14-16-18-20-22-24-25-26-27-28-29-30-31-33-35-37-39-41-43-45-47-54(56)62-53(52-61-63(57,58)60-50-48-55(3,4)5)51-59-49-46-44-42-40-38-36-34-32-23-21-19-17-15-13-11-9-7-2/h17,19,23,32,53H,6-16,18,20-22,24-31,33-52H2,1-5H3/p+1/b19-17-,32-23-. The fourth-order valence-corrected chi connectivity index (χ4v) is 8.56.